The van der Waals surface area contributed by atoms with Gasteiger partial charge in [-0.1, -0.05) is 0 Å². The molecule has 1 saturated heterocycles. The number of nitrogens with zero attached hydrogens (tertiary/aromatic N) is 6. The van der Waals surface area contributed by atoms with Crippen LogP contribution in [-0.2, 0) is 18.2 Å². The average Bonchev–Trinajstić information content (AvgIpc) is 3.23. The molecule has 1 fully saturated rings. The first-order chi connectivity index (χ1) is 13.0. The molecule has 0 spiro atoms. The van der Waals surface area contributed by atoms with E-state index in [0.29, 0.717) is 47.9 Å². The number of carbonyl (C=O) groups is 2. The zero-order valence-electron chi connectivity index (χ0n) is 14.6. The summed E-state index contributed by atoms with van der Waals surface area (Å²) in [5.41, 5.74) is 2.07. The molecule has 0 aliphatic carbocycles. The molecular weight excluding hydrogens is 416 g/mol. The first-order valence-corrected chi connectivity index (χ1v) is 9.25. The quantitative estimate of drug-likeness (QED) is 0.573. The van der Waals surface area contributed by atoms with Crippen molar-refractivity contribution in [2.75, 3.05) is 26.3 Å². The summed E-state index contributed by atoms with van der Waals surface area (Å²) >= 11 is 3.23. The van der Waals surface area contributed by atoms with E-state index in [9.17, 15) is 9.59 Å². The van der Waals surface area contributed by atoms with Gasteiger partial charge in [0.15, 0.2) is 11.4 Å². The summed E-state index contributed by atoms with van der Waals surface area (Å²) in [6, 6.07) is 3.61. The largest absolute Gasteiger partial charge is 0.378 e. The molecule has 0 aromatic carbocycles. The van der Waals surface area contributed by atoms with Gasteiger partial charge in [-0.05, 0) is 33.6 Å². The normalized spacial score (nSPS) is 14.7. The summed E-state index contributed by atoms with van der Waals surface area (Å²) in [4.78, 5) is 31.7. The third kappa shape index (κ3) is 3.50. The van der Waals surface area contributed by atoms with E-state index in [0.717, 1.165) is 5.56 Å². The lowest BCUT2D eigenvalue weighted by atomic mass is 10.0. The Hall–Kier alpha value is -2.59. The SMILES string of the molecule is Cn1ncc(C(=O)N2CCOCC2)c1C(=O)Cc1ccn2nc(Br)nc2c1. The molecule has 0 N–H and O–H groups in total. The van der Waals surface area contributed by atoms with Crippen LogP contribution >= 0.6 is 15.9 Å². The number of carbonyl (C=O) groups excluding carboxylic acids is 2. The number of halogens is 1. The first-order valence-electron chi connectivity index (χ1n) is 8.46. The Kier molecular flexibility index (Phi) is 4.75. The molecule has 10 heteroatoms. The summed E-state index contributed by atoms with van der Waals surface area (Å²) in [6.45, 7) is 2.03. The fourth-order valence-corrected chi connectivity index (χ4v) is 3.49. The topological polar surface area (TPSA) is 94.6 Å². The van der Waals surface area contributed by atoms with Crippen molar-refractivity contribution in [2.24, 2.45) is 7.05 Å². The molecular formula is C17H17BrN6O3. The van der Waals surface area contributed by atoms with Crippen molar-refractivity contribution in [3.8, 4) is 0 Å². The van der Waals surface area contributed by atoms with Gasteiger partial charge >= 0.3 is 0 Å². The molecule has 1 aliphatic rings. The molecule has 3 aromatic rings. The second-order valence-corrected chi connectivity index (χ2v) is 6.96. The Morgan fingerprint density at radius 3 is 2.85 bits per heavy atom. The van der Waals surface area contributed by atoms with E-state index in [4.69, 9.17) is 4.74 Å². The molecule has 4 heterocycles. The van der Waals surface area contributed by atoms with Gasteiger partial charge in [-0.15, -0.1) is 5.10 Å². The van der Waals surface area contributed by atoms with E-state index in [1.165, 1.54) is 10.9 Å². The van der Waals surface area contributed by atoms with Crippen LogP contribution in [0.25, 0.3) is 5.65 Å². The van der Waals surface area contributed by atoms with Gasteiger partial charge in [0, 0.05) is 32.8 Å². The highest BCUT2D eigenvalue weighted by molar-refractivity contribution is 9.10. The van der Waals surface area contributed by atoms with Crippen molar-refractivity contribution < 1.29 is 14.3 Å². The van der Waals surface area contributed by atoms with Crippen molar-refractivity contribution in [1.29, 1.82) is 0 Å². The molecule has 3 aromatic heterocycles. The lowest BCUT2D eigenvalue weighted by Gasteiger charge is -2.26. The fraction of sp³-hybridized carbons (Fsp3) is 0.353. The van der Waals surface area contributed by atoms with Crippen LogP contribution in [0.4, 0.5) is 0 Å². The van der Waals surface area contributed by atoms with Gasteiger partial charge in [-0.2, -0.15) is 5.10 Å². The van der Waals surface area contributed by atoms with Crippen LogP contribution in [0.1, 0.15) is 26.4 Å². The number of ether oxygens (including phenoxy) is 1. The van der Waals surface area contributed by atoms with E-state index in [-0.39, 0.29) is 18.1 Å². The molecule has 0 bridgehead atoms. The predicted molar refractivity (Wildman–Crippen MR) is 98.7 cm³/mol. The van der Waals surface area contributed by atoms with Crippen LogP contribution in [0.5, 0.6) is 0 Å². The monoisotopic (exact) mass is 432 g/mol. The average molecular weight is 433 g/mol. The Balaban J connectivity index is 1.59. The third-order valence-corrected chi connectivity index (χ3v) is 4.81. The second-order valence-electron chi connectivity index (χ2n) is 6.25. The van der Waals surface area contributed by atoms with E-state index in [1.54, 1.807) is 28.7 Å². The predicted octanol–water partition coefficient (Wildman–Crippen LogP) is 1.12. The summed E-state index contributed by atoms with van der Waals surface area (Å²) < 4.78 is 8.85. The number of fused-ring (bicyclic) bond motifs is 1. The molecule has 27 heavy (non-hydrogen) atoms. The number of rotatable bonds is 4. The second kappa shape index (κ2) is 7.20. The molecule has 0 radical (unpaired) electrons. The van der Waals surface area contributed by atoms with Crippen LogP contribution in [0.2, 0.25) is 0 Å². The summed E-state index contributed by atoms with van der Waals surface area (Å²) in [5, 5.41) is 8.28. The number of pyridine rings is 1. The van der Waals surface area contributed by atoms with Gasteiger partial charge < -0.3 is 9.64 Å². The van der Waals surface area contributed by atoms with Crippen LogP contribution in [-0.4, -0.2) is 67.3 Å². The van der Waals surface area contributed by atoms with Crippen LogP contribution < -0.4 is 0 Å². The van der Waals surface area contributed by atoms with Gasteiger partial charge in [0.25, 0.3) is 5.91 Å². The Bertz CT molecular complexity index is 1020. The third-order valence-electron chi connectivity index (χ3n) is 4.47. The highest BCUT2D eigenvalue weighted by atomic mass is 79.9. The molecule has 1 amide bonds. The number of aromatic nitrogens is 5. The minimum absolute atomic E-state index is 0.143. The number of Topliss-reactive ketones (excluding diaryl/α,β-unsaturated/α-hetero) is 1. The van der Waals surface area contributed by atoms with Crippen LogP contribution in [0.3, 0.4) is 0 Å². The fourth-order valence-electron chi connectivity index (χ4n) is 3.14. The van der Waals surface area contributed by atoms with Gasteiger partial charge in [0.05, 0.1) is 25.0 Å². The summed E-state index contributed by atoms with van der Waals surface area (Å²) in [5.74, 6) is -0.360. The smallest absolute Gasteiger partial charge is 0.257 e. The number of amides is 1. The lowest BCUT2D eigenvalue weighted by Crippen LogP contribution is -2.41. The number of aryl methyl sites for hydroxylation is 1. The molecule has 0 saturated carbocycles. The highest BCUT2D eigenvalue weighted by Gasteiger charge is 2.27. The van der Waals surface area contributed by atoms with Crippen molar-refractivity contribution in [2.45, 2.75) is 6.42 Å². The zero-order chi connectivity index (χ0) is 19.0. The van der Waals surface area contributed by atoms with E-state index < -0.39 is 0 Å². The van der Waals surface area contributed by atoms with Gasteiger partial charge in [-0.25, -0.2) is 9.50 Å². The Morgan fingerprint density at radius 1 is 1.30 bits per heavy atom. The van der Waals surface area contributed by atoms with E-state index in [2.05, 4.69) is 31.1 Å². The number of ketones is 1. The van der Waals surface area contributed by atoms with Gasteiger partial charge in [0.2, 0.25) is 4.73 Å². The molecule has 9 nitrogen and oxygen atoms in total. The highest BCUT2D eigenvalue weighted by Crippen LogP contribution is 2.17. The van der Waals surface area contributed by atoms with E-state index >= 15 is 0 Å². The maximum Gasteiger partial charge on any atom is 0.257 e. The van der Waals surface area contributed by atoms with Gasteiger partial charge in [0.1, 0.15) is 5.69 Å². The Morgan fingerprint density at radius 2 is 2.07 bits per heavy atom. The minimum atomic E-state index is -0.188. The molecule has 1 aliphatic heterocycles. The Labute approximate surface area is 163 Å². The standard InChI is InChI=1S/C17H17BrN6O3/c1-22-15(12(10-19-22)16(26)23-4-6-27-7-5-23)13(25)8-11-2-3-24-14(9-11)20-17(18)21-24/h2-3,9-10H,4-8H2,1H3. The number of morpholine rings is 1. The van der Waals surface area contributed by atoms with Gasteiger partial charge in [-0.3, -0.25) is 14.3 Å². The minimum Gasteiger partial charge on any atom is -0.378 e. The van der Waals surface area contributed by atoms with Crippen LogP contribution in [0.15, 0.2) is 29.3 Å². The maximum atomic E-state index is 12.9. The zero-order valence-corrected chi connectivity index (χ0v) is 16.2. The molecule has 0 atom stereocenters. The summed E-state index contributed by atoms with van der Waals surface area (Å²) in [6.07, 6.45) is 3.35. The maximum absolute atomic E-state index is 12.9. The van der Waals surface area contributed by atoms with Crippen molar-refractivity contribution in [3.05, 3.63) is 46.1 Å². The lowest BCUT2D eigenvalue weighted by molar-refractivity contribution is 0.0301. The van der Waals surface area contributed by atoms with E-state index in [1.807, 2.05) is 6.07 Å². The molecule has 140 valence electrons. The number of hydrogen-bond acceptors (Lipinski definition) is 6. The molecule has 0 unspecified atom stereocenters. The summed E-state index contributed by atoms with van der Waals surface area (Å²) in [7, 11) is 1.67. The van der Waals surface area contributed by atoms with Crippen molar-refractivity contribution >= 4 is 33.3 Å². The van der Waals surface area contributed by atoms with Crippen LogP contribution in [0, 0.1) is 0 Å². The number of hydrogen-bond donors (Lipinski definition) is 0. The van der Waals surface area contributed by atoms with Crippen molar-refractivity contribution in [3.63, 3.8) is 0 Å². The molecule has 4 rings (SSSR count). The first kappa shape index (κ1) is 17.8. The van der Waals surface area contributed by atoms with Crippen molar-refractivity contribution in [1.82, 2.24) is 29.3 Å².